The van der Waals surface area contributed by atoms with Crippen LogP contribution in [-0.2, 0) is 9.53 Å². The molecule has 150 valence electrons. The van der Waals surface area contributed by atoms with E-state index in [1.807, 2.05) is 0 Å². The number of halogens is 1. The summed E-state index contributed by atoms with van der Waals surface area (Å²) in [5.41, 5.74) is 0. The number of aliphatic hydroxyl groups is 2. The molecular weight excluding hydrogens is 362 g/mol. The first-order valence-corrected chi connectivity index (χ1v) is 9.71. The second-order valence-electron chi connectivity index (χ2n) is 7.36. The van der Waals surface area contributed by atoms with E-state index in [-0.39, 0.29) is 53.8 Å². The van der Waals surface area contributed by atoms with Crippen LogP contribution in [0.1, 0.15) is 58.3 Å². The van der Waals surface area contributed by atoms with Gasteiger partial charge >= 0.3 is 35.5 Å². The van der Waals surface area contributed by atoms with Crippen molar-refractivity contribution in [2.75, 3.05) is 0 Å². The van der Waals surface area contributed by atoms with Gasteiger partial charge in [-0.15, -0.1) is 0 Å². The van der Waals surface area contributed by atoms with Gasteiger partial charge in [0.25, 0.3) is 0 Å². The Balaban J connectivity index is 0.00000364. The van der Waals surface area contributed by atoms with Crippen LogP contribution in [0, 0.1) is 11.8 Å². The fourth-order valence-electron chi connectivity index (χ4n) is 3.87. The molecule has 2 aliphatic rings. The van der Waals surface area contributed by atoms with Crippen LogP contribution in [0.5, 0.6) is 0 Å². The number of rotatable bonds is 10. The molecule has 5 nitrogen and oxygen atoms in total. The molecule has 0 amide bonds. The summed E-state index contributed by atoms with van der Waals surface area (Å²) >= 11 is 0. The number of hydrogen-bond acceptors (Lipinski definition) is 4. The van der Waals surface area contributed by atoms with Gasteiger partial charge in [0.1, 0.15) is 11.9 Å². The zero-order valence-electron chi connectivity index (χ0n) is 15.4. The molecule has 0 aromatic carbocycles. The first kappa shape index (κ1) is 24.6. The van der Waals surface area contributed by atoms with Gasteiger partial charge in [-0.2, -0.15) is 0 Å². The van der Waals surface area contributed by atoms with Gasteiger partial charge in [-0.1, -0.05) is 38.3 Å². The molecule has 0 radical (unpaired) electrons. The average molecular weight is 394 g/mol. The Bertz CT molecular complexity index is 525. The summed E-state index contributed by atoms with van der Waals surface area (Å²) in [6, 6.07) is 0. The quantitative estimate of drug-likeness (QED) is 0.301. The van der Waals surface area contributed by atoms with E-state index in [1.54, 1.807) is 18.2 Å². The summed E-state index contributed by atoms with van der Waals surface area (Å²) in [4.78, 5) is 10.5. The first-order valence-electron chi connectivity index (χ1n) is 9.71. The maximum absolute atomic E-state index is 14.8. The van der Waals surface area contributed by atoms with Crippen LogP contribution in [0.3, 0.4) is 0 Å². The van der Waals surface area contributed by atoms with E-state index in [9.17, 15) is 19.4 Å². The van der Waals surface area contributed by atoms with Gasteiger partial charge in [0.05, 0.1) is 12.2 Å². The second kappa shape index (κ2) is 12.2. The van der Waals surface area contributed by atoms with Crippen molar-refractivity contribution >= 4 is 35.5 Å². The van der Waals surface area contributed by atoms with E-state index in [2.05, 4.69) is 6.92 Å². The summed E-state index contributed by atoms with van der Waals surface area (Å²) in [5, 5.41) is 28.9. The van der Waals surface area contributed by atoms with Crippen LogP contribution >= 0.6 is 0 Å². The Kier molecular flexibility index (Phi) is 11.2. The van der Waals surface area contributed by atoms with E-state index in [1.165, 1.54) is 0 Å². The van der Waals surface area contributed by atoms with Gasteiger partial charge in [-0.3, -0.25) is 4.79 Å². The van der Waals surface area contributed by atoms with Crippen molar-refractivity contribution in [3.63, 3.8) is 0 Å². The number of aliphatic hydroxyl groups excluding tert-OH is 2. The van der Waals surface area contributed by atoms with Gasteiger partial charge in [0, 0.05) is 24.7 Å². The predicted molar refractivity (Wildman–Crippen MR) is 103 cm³/mol. The summed E-state index contributed by atoms with van der Waals surface area (Å²) < 4.78 is 20.5. The minimum absolute atomic E-state index is 0. The number of hydrogen-bond donors (Lipinski definition) is 3. The number of unbranched alkanes of at least 4 members (excludes halogenated alkanes) is 3. The number of allylic oxidation sites excluding steroid dienone is 2. The van der Waals surface area contributed by atoms with E-state index >= 15 is 0 Å². The monoisotopic (exact) mass is 394 g/mol. The molecule has 1 heterocycles. The third-order valence-corrected chi connectivity index (χ3v) is 5.29. The Hall–Kier alpha value is -0.400. The van der Waals surface area contributed by atoms with Gasteiger partial charge in [0.2, 0.25) is 0 Å². The molecule has 0 aromatic rings. The summed E-state index contributed by atoms with van der Waals surface area (Å²) in [5.74, 6) is -1.43. The normalized spacial score (nSPS) is 32.3. The molecule has 1 aliphatic carbocycles. The molecule has 0 spiro atoms. The second-order valence-corrected chi connectivity index (χ2v) is 7.36. The van der Waals surface area contributed by atoms with Crippen molar-refractivity contribution in [3.05, 3.63) is 24.0 Å². The van der Waals surface area contributed by atoms with Crippen LogP contribution in [0.4, 0.5) is 4.39 Å². The molecule has 1 unspecified atom stereocenters. The number of alkyl halides is 1. The molecule has 1 aliphatic heterocycles. The minimum atomic E-state index is -1.30. The van der Waals surface area contributed by atoms with Crippen LogP contribution < -0.4 is 0 Å². The third-order valence-electron chi connectivity index (χ3n) is 5.29. The molecule has 27 heavy (non-hydrogen) atoms. The summed E-state index contributed by atoms with van der Waals surface area (Å²) in [6.45, 7) is 2.10. The SMILES string of the molecule is CCCCC[C@H](O)/C=C/[C@@H]1[C@H]2C(F)/C(=C/CCCC(=O)O)O[C@H]2C[C@H]1O.[NaH]. The maximum atomic E-state index is 14.8. The van der Waals surface area contributed by atoms with E-state index < -0.39 is 30.3 Å². The zero-order valence-corrected chi connectivity index (χ0v) is 15.4. The van der Waals surface area contributed by atoms with Crippen molar-refractivity contribution in [3.8, 4) is 0 Å². The number of carboxylic acid groups (broad SMARTS) is 1. The Morgan fingerprint density at radius 2 is 2.11 bits per heavy atom. The fraction of sp³-hybridized carbons (Fsp3) is 0.750. The van der Waals surface area contributed by atoms with Crippen molar-refractivity contribution < 1.29 is 29.2 Å². The Morgan fingerprint density at radius 1 is 1.37 bits per heavy atom. The number of ether oxygens (including phenoxy) is 1. The first-order chi connectivity index (χ1) is 12.4. The van der Waals surface area contributed by atoms with Gasteiger partial charge < -0.3 is 20.1 Å². The molecule has 7 heteroatoms. The molecule has 1 saturated carbocycles. The predicted octanol–water partition coefficient (Wildman–Crippen LogP) is 2.71. The molecule has 2 rings (SSSR count). The molecule has 2 fully saturated rings. The fourth-order valence-corrected chi connectivity index (χ4v) is 3.87. The summed E-state index contributed by atoms with van der Waals surface area (Å²) in [6.07, 6.45) is 7.25. The Labute approximate surface area is 183 Å². The van der Waals surface area contributed by atoms with Crippen molar-refractivity contribution in [2.24, 2.45) is 11.8 Å². The number of carboxylic acids is 1. The molecule has 3 N–H and O–H groups in total. The molecule has 0 bridgehead atoms. The Morgan fingerprint density at radius 3 is 2.78 bits per heavy atom. The molecule has 6 atom stereocenters. The van der Waals surface area contributed by atoms with Gasteiger partial charge in [-0.05, 0) is 25.3 Å². The standard InChI is InChI=1S/C20H31FO5.Na.H/c1-2-3-4-7-13(22)10-11-14-15(23)12-17-19(14)20(21)16(26-17)8-5-6-9-18(24)25;;/h8,10-11,13-15,17,19-20,22-23H,2-7,9,12H2,1H3,(H,24,25);;/b11-10+,16-8-;;/t13-,14-,15+,17-,19+,20?;;/m0../s1. The number of aliphatic carboxylic acids is 1. The van der Waals surface area contributed by atoms with Crippen LogP contribution in [-0.4, -0.2) is 75.3 Å². The summed E-state index contributed by atoms with van der Waals surface area (Å²) in [7, 11) is 0. The number of fused-ring (bicyclic) bond motifs is 1. The van der Waals surface area contributed by atoms with Crippen molar-refractivity contribution in [1.82, 2.24) is 0 Å². The van der Waals surface area contributed by atoms with Crippen molar-refractivity contribution in [2.45, 2.75) is 82.8 Å². The number of carbonyl (C=O) groups is 1. The molecule has 1 saturated heterocycles. The third kappa shape index (κ3) is 7.17. The zero-order chi connectivity index (χ0) is 19.1. The van der Waals surface area contributed by atoms with Crippen molar-refractivity contribution in [1.29, 1.82) is 0 Å². The van der Waals surface area contributed by atoms with Crippen LogP contribution in [0.2, 0.25) is 0 Å². The van der Waals surface area contributed by atoms with Gasteiger partial charge in [0.15, 0.2) is 6.17 Å². The van der Waals surface area contributed by atoms with E-state index in [4.69, 9.17) is 9.84 Å². The van der Waals surface area contributed by atoms with E-state index in [0.29, 0.717) is 25.7 Å². The topological polar surface area (TPSA) is 87.0 Å². The molecule has 0 aromatic heterocycles. The van der Waals surface area contributed by atoms with Crippen LogP contribution in [0.15, 0.2) is 24.0 Å². The van der Waals surface area contributed by atoms with E-state index in [0.717, 1.165) is 19.3 Å². The molecular formula is C20H32FNaO5. The average Bonchev–Trinajstić information content (AvgIpc) is 3.05. The van der Waals surface area contributed by atoms with Crippen LogP contribution in [0.25, 0.3) is 0 Å². The van der Waals surface area contributed by atoms with Gasteiger partial charge in [-0.25, -0.2) is 4.39 Å².